The lowest BCUT2D eigenvalue weighted by molar-refractivity contribution is 0.470. The quantitative estimate of drug-likeness (QED) is 0.479. The molecule has 0 saturated heterocycles. The Morgan fingerprint density at radius 3 is 2.80 bits per heavy atom. The lowest BCUT2D eigenvalue weighted by Gasteiger charge is -2.33. The smallest absolute Gasteiger partial charge is 0.182 e. The van der Waals surface area contributed by atoms with Gasteiger partial charge in [0.05, 0.1) is 5.69 Å². The van der Waals surface area contributed by atoms with E-state index in [-0.39, 0.29) is 0 Å². The molecule has 0 bridgehead atoms. The molecular weight excluding hydrogens is 310 g/mol. The van der Waals surface area contributed by atoms with Gasteiger partial charge in [-0.15, -0.1) is 0 Å². The third-order valence-corrected chi connectivity index (χ3v) is 4.98. The van der Waals surface area contributed by atoms with Crippen molar-refractivity contribution in [3.63, 3.8) is 0 Å². The number of hydrogen-bond acceptors (Lipinski definition) is 4. The molecule has 0 fully saturated rings. The van der Waals surface area contributed by atoms with Crippen molar-refractivity contribution in [3.8, 4) is 11.5 Å². The molecule has 25 heavy (non-hydrogen) atoms. The molecule has 2 aliphatic rings. The number of benzene rings is 1. The highest BCUT2D eigenvalue weighted by Gasteiger charge is 2.30. The van der Waals surface area contributed by atoms with Crippen molar-refractivity contribution in [1.82, 2.24) is 9.97 Å². The Morgan fingerprint density at radius 1 is 0.960 bits per heavy atom. The van der Waals surface area contributed by atoms with Crippen LogP contribution in [-0.2, 0) is 12.8 Å². The molecule has 0 N–H and O–H groups in total. The van der Waals surface area contributed by atoms with Crippen LogP contribution in [0.4, 0.5) is 17.3 Å². The van der Waals surface area contributed by atoms with E-state index in [0.29, 0.717) is 0 Å². The van der Waals surface area contributed by atoms with Crippen LogP contribution in [0.25, 0.3) is 0 Å². The van der Waals surface area contributed by atoms with Crippen LogP contribution in [-0.4, -0.2) is 9.97 Å². The Labute approximate surface area is 147 Å². The monoisotopic (exact) mass is 329 g/mol. The van der Waals surface area contributed by atoms with Gasteiger partial charge in [-0.3, -0.25) is 4.90 Å². The van der Waals surface area contributed by atoms with Crippen LogP contribution < -0.4 is 9.64 Å². The van der Waals surface area contributed by atoms with Crippen molar-refractivity contribution in [3.05, 3.63) is 65.5 Å². The molecule has 4 heteroatoms. The number of fused-ring (bicyclic) bond motifs is 3. The molecule has 0 radical (unpaired) electrons. The summed E-state index contributed by atoms with van der Waals surface area (Å²) in [4.78, 5) is 11.5. The highest BCUT2D eigenvalue weighted by Crippen LogP contribution is 2.49. The minimum atomic E-state index is 0.774. The molecule has 3 aromatic rings. The van der Waals surface area contributed by atoms with Gasteiger partial charge in [0.2, 0.25) is 0 Å². The van der Waals surface area contributed by atoms with Crippen molar-refractivity contribution < 1.29 is 4.74 Å². The summed E-state index contributed by atoms with van der Waals surface area (Å²) >= 11 is 0. The fraction of sp³-hybridized carbons (Fsp3) is 0.238. The van der Waals surface area contributed by atoms with Gasteiger partial charge < -0.3 is 4.74 Å². The van der Waals surface area contributed by atoms with E-state index >= 15 is 0 Å². The molecule has 124 valence electrons. The average molecular weight is 329 g/mol. The van der Waals surface area contributed by atoms with Crippen LogP contribution in [0, 0.1) is 6.92 Å². The Kier molecular flexibility index (Phi) is 3.23. The van der Waals surface area contributed by atoms with Crippen LogP contribution in [0.3, 0.4) is 0 Å². The molecule has 2 aromatic heterocycles. The Morgan fingerprint density at radius 2 is 1.84 bits per heavy atom. The Hall–Kier alpha value is -2.88. The molecule has 1 aromatic carbocycles. The van der Waals surface area contributed by atoms with E-state index in [1.165, 1.54) is 29.7 Å². The highest BCUT2D eigenvalue weighted by molar-refractivity contribution is 5.83. The Bertz CT molecular complexity index is 967. The molecule has 1 aliphatic heterocycles. The summed E-state index contributed by atoms with van der Waals surface area (Å²) in [5.74, 6) is 3.19. The second-order valence-electron chi connectivity index (χ2n) is 6.72. The maximum absolute atomic E-state index is 6.09. The van der Waals surface area contributed by atoms with E-state index in [0.717, 1.165) is 41.5 Å². The van der Waals surface area contributed by atoms with Crippen molar-refractivity contribution in [2.75, 3.05) is 4.90 Å². The minimum Gasteiger partial charge on any atom is -0.450 e. The van der Waals surface area contributed by atoms with Crippen LogP contribution in [0.1, 0.15) is 29.5 Å². The van der Waals surface area contributed by atoms with Gasteiger partial charge >= 0.3 is 0 Å². The zero-order chi connectivity index (χ0) is 16.8. The molecule has 0 atom stereocenters. The molecule has 0 saturated carbocycles. The topological polar surface area (TPSA) is 38.3 Å². The van der Waals surface area contributed by atoms with Crippen LogP contribution in [0.2, 0.25) is 0 Å². The van der Waals surface area contributed by atoms with Gasteiger partial charge in [-0.05, 0) is 73.6 Å². The summed E-state index contributed by atoms with van der Waals surface area (Å²) in [5.41, 5.74) is 5.13. The lowest BCUT2D eigenvalue weighted by atomic mass is 9.90. The van der Waals surface area contributed by atoms with Crippen LogP contribution in [0.15, 0.2) is 48.8 Å². The summed E-state index contributed by atoms with van der Waals surface area (Å²) in [6.45, 7) is 2.03. The number of hydrogen-bond donors (Lipinski definition) is 0. The molecule has 5 rings (SSSR count). The van der Waals surface area contributed by atoms with Gasteiger partial charge in [0, 0.05) is 12.4 Å². The summed E-state index contributed by atoms with van der Waals surface area (Å²) in [5, 5.41) is 0. The minimum absolute atomic E-state index is 0.774. The van der Waals surface area contributed by atoms with E-state index in [1.54, 1.807) is 0 Å². The molecule has 0 amide bonds. The molecule has 0 unspecified atom stereocenters. The second kappa shape index (κ2) is 5.59. The van der Waals surface area contributed by atoms with Gasteiger partial charge in [0.25, 0.3) is 0 Å². The van der Waals surface area contributed by atoms with Gasteiger partial charge in [-0.1, -0.05) is 12.1 Å². The molecule has 4 nitrogen and oxygen atoms in total. The number of nitrogens with zero attached hydrogens (tertiary/aromatic N) is 3. The zero-order valence-electron chi connectivity index (χ0n) is 14.2. The van der Waals surface area contributed by atoms with E-state index in [2.05, 4.69) is 33.1 Å². The maximum Gasteiger partial charge on any atom is 0.182 e. The second-order valence-corrected chi connectivity index (χ2v) is 6.72. The fourth-order valence-electron chi connectivity index (χ4n) is 3.83. The van der Waals surface area contributed by atoms with Gasteiger partial charge in [0.1, 0.15) is 0 Å². The van der Waals surface area contributed by atoms with Crippen LogP contribution >= 0.6 is 0 Å². The standard InChI is InChI=1S/C21H19N3O/c1-14-12-19-21(23-13-14)24(20-18(25-19)10-5-11-22-20)17-9-4-7-15-6-2-3-8-16(15)17/h4-5,7,9-13H,2-3,6,8H2,1H3. The average Bonchev–Trinajstić information content (AvgIpc) is 2.65. The third-order valence-electron chi connectivity index (χ3n) is 4.98. The third kappa shape index (κ3) is 2.29. The number of ether oxygens (including phenoxy) is 1. The summed E-state index contributed by atoms with van der Waals surface area (Å²) in [6.07, 6.45) is 8.45. The number of rotatable bonds is 1. The number of aryl methyl sites for hydroxylation is 2. The normalized spacial score (nSPS) is 15.0. The van der Waals surface area contributed by atoms with E-state index in [9.17, 15) is 0 Å². The van der Waals surface area contributed by atoms with E-state index in [4.69, 9.17) is 4.74 Å². The molecule has 0 spiro atoms. The first kappa shape index (κ1) is 14.5. The lowest BCUT2D eigenvalue weighted by Crippen LogP contribution is -2.21. The van der Waals surface area contributed by atoms with Crippen molar-refractivity contribution in [2.45, 2.75) is 32.6 Å². The van der Waals surface area contributed by atoms with Crippen LogP contribution in [0.5, 0.6) is 11.5 Å². The molecule has 3 heterocycles. The van der Waals surface area contributed by atoms with Gasteiger partial charge in [0.15, 0.2) is 23.1 Å². The molecule has 1 aliphatic carbocycles. The number of aromatic nitrogens is 2. The SMILES string of the molecule is Cc1cnc2c(c1)Oc1cccnc1N2c1cccc2c1CCCC2. The van der Waals surface area contributed by atoms with Crippen molar-refractivity contribution in [2.24, 2.45) is 0 Å². The summed E-state index contributed by atoms with van der Waals surface area (Å²) in [6, 6.07) is 12.5. The highest BCUT2D eigenvalue weighted by atomic mass is 16.5. The van der Waals surface area contributed by atoms with Crippen molar-refractivity contribution >= 4 is 17.3 Å². The van der Waals surface area contributed by atoms with Gasteiger partial charge in [-0.2, -0.15) is 0 Å². The van der Waals surface area contributed by atoms with E-state index < -0.39 is 0 Å². The fourth-order valence-corrected chi connectivity index (χ4v) is 3.83. The largest absolute Gasteiger partial charge is 0.450 e. The van der Waals surface area contributed by atoms with E-state index in [1.807, 2.05) is 37.5 Å². The zero-order valence-corrected chi connectivity index (χ0v) is 14.2. The first-order valence-electron chi connectivity index (χ1n) is 8.82. The summed E-state index contributed by atoms with van der Waals surface area (Å²) in [7, 11) is 0. The Balaban J connectivity index is 1.77. The molecular formula is C21H19N3O. The predicted octanol–water partition coefficient (Wildman–Crippen LogP) is 5.24. The van der Waals surface area contributed by atoms with Gasteiger partial charge in [-0.25, -0.2) is 9.97 Å². The first-order chi connectivity index (χ1) is 12.3. The first-order valence-corrected chi connectivity index (χ1v) is 8.82. The predicted molar refractivity (Wildman–Crippen MR) is 98.2 cm³/mol. The summed E-state index contributed by atoms with van der Waals surface area (Å²) < 4.78 is 6.09. The number of anilines is 3. The number of pyridine rings is 2. The van der Waals surface area contributed by atoms with Crippen molar-refractivity contribution in [1.29, 1.82) is 0 Å². The maximum atomic E-state index is 6.09.